The highest BCUT2D eigenvalue weighted by Crippen LogP contribution is 2.27. The molecule has 0 aliphatic carbocycles. The number of carbonyl (C=O) groups excluding carboxylic acids is 1. The van der Waals surface area contributed by atoms with Crippen LogP contribution >= 0.6 is 11.6 Å². The predicted octanol–water partition coefficient (Wildman–Crippen LogP) is 3.77. The summed E-state index contributed by atoms with van der Waals surface area (Å²) in [7, 11) is 1.55. The molecular formula is C18H21ClN4O2. The third-order valence-electron chi connectivity index (χ3n) is 4.17. The van der Waals surface area contributed by atoms with E-state index < -0.39 is 0 Å². The van der Waals surface area contributed by atoms with Crippen molar-refractivity contribution < 1.29 is 9.53 Å². The van der Waals surface area contributed by atoms with Crippen LogP contribution in [-0.2, 0) is 0 Å². The molecule has 7 heteroatoms. The van der Waals surface area contributed by atoms with E-state index in [1.807, 2.05) is 0 Å². The maximum atomic E-state index is 12.5. The Morgan fingerprint density at radius 2 is 1.96 bits per heavy atom. The first-order valence-corrected chi connectivity index (χ1v) is 8.78. The molecule has 0 bridgehead atoms. The van der Waals surface area contributed by atoms with E-state index in [1.165, 1.54) is 12.8 Å². The maximum absolute atomic E-state index is 12.5. The molecule has 0 unspecified atom stereocenters. The van der Waals surface area contributed by atoms with Crippen molar-refractivity contribution in [1.82, 2.24) is 9.97 Å². The molecule has 2 heterocycles. The Bertz CT molecular complexity index is 746. The Labute approximate surface area is 152 Å². The molecule has 1 N–H and O–H groups in total. The molecule has 0 spiro atoms. The first-order valence-electron chi connectivity index (χ1n) is 8.40. The number of halogens is 1. The highest BCUT2D eigenvalue weighted by atomic mass is 35.5. The molecule has 1 aliphatic heterocycles. The lowest BCUT2D eigenvalue weighted by molar-refractivity contribution is 0.102. The molecule has 1 saturated heterocycles. The molecule has 3 rings (SSSR count). The molecule has 0 saturated carbocycles. The van der Waals surface area contributed by atoms with Gasteiger partial charge in [-0.2, -0.15) is 0 Å². The van der Waals surface area contributed by atoms with E-state index in [1.54, 1.807) is 37.6 Å². The van der Waals surface area contributed by atoms with E-state index in [2.05, 4.69) is 20.2 Å². The number of hydrogen-bond acceptors (Lipinski definition) is 5. The number of amides is 1. The van der Waals surface area contributed by atoms with Crippen LogP contribution < -0.4 is 15.0 Å². The Hall–Kier alpha value is -2.34. The molecule has 6 nitrogen and oxygen atoms in total. The van der Waals surface area contributed by atoms with Crippen molar-refractivity contribution in [3.8, 4) is 5.75 Å². The van der Waals surface area contributed by atoms with Gasteiger partial charge in [-0.05, 0) is 37.1 Å². The van der Waals surface area contributed by atoms with Crippen molar-refractivity contribution in [2.24, 2.45) is 0 Å². The topological polar surface area (TPSA) is 67.3 Å². The number of anilines is 2. The van der Waals surface area contributed by atoms with Crippen LogP contribution in [0.5, 0.6) is 5.75 Å². The Morgan fingerprint density at radius 3 is 2.64 bits per heavy atom. The number of nitrogens with zero attached hydrogens (tertiary/aromatic N) is 3. The van der Waals surface area contributed by atoms with Crippen LogP contribution in [0.2, 0.25) is 5.02 Å². The maximum Gasteiger partial charge on any atom is 0.274 e. The van der Waals surface area contributed by atoms with Gasteiger partial charge < -0.3 is 15.0 Å². The molecule has 0 atom stereocenters. The molecule has 1 aliphatic rings. The second-order valence-corrected chi connectivity index (χ2v) is 6.35. The second-order valence-electron chi connectivity index (χ2n) is 5.95. The monoisotopic (exact) mass is 360 g/mol. The summed E-state index contributed by atoms with van der Waals surface area (Å²) in [6.45, 7) is 1.86. The number of methoxy groups -OCH3 is 1. The minimum atomic E-state index is -0.292. The summed E-state index contributed by atoms with van der Waals surface area (Å²) in [5.74, 6) is 0.882. The second kappa shape index (κ2) is 8.16. The van der Waals surface area contributed by atoms with Crippen molar-refractivity contribution in [1.29, 1.82) is 0 Å². The fourth-order valence-electron chi connectivity index (χ4n) is 2.84. The molecular weight excluding hydrogens is 340 g/mol. The number of hydrogen-bond donors (Lipinski definition) is 1. The van der Waals surface area contributed by atoms with E-state index in [9.17, 15) is 4.79 Å². The van der Waals surface area contributed by atoms with Gasteiger partial charge >= 0.3 is 0 Å². The van der Waals surface area contributed by atoms with E-state index in [4.69, 9.17) is 16.3 Å². The quantitative estimate of drug-likeness (QED) is 0.898. The number of ether oxygens (including phenoxy) is 1. The zero-order chi connectivity index (χ0) is 17.6. The summed E-state index contributed by atoms with van der Waals surface area (Å²) in [5, 5.41) is 3.24. The van der Waals surface area contributed by atoms with Gasteiger partial charge in [-0.25, -0.2) is 9.97 Å². The largest absolute Gasteiger partial charge is 0.495 e. The van der Waals surface area contributed by atoms with Gasteiger partial charge in [0.25, 0.3) is 5.91 Å². The Morgan fingerprint density at radius 1 is 1.20 bits per heavy atom. The van der Waals surface area contributed by atoms with Crippen LogP contribution in [-0.4, -0.2) is 36.1 Å². The lowest BCUT2D eigenvalue weighted by Gasteiger charge is -2.20. The van der Waals surface area contributed by atoms with Gasteiger partial charge in [-0.15, -0.1) is 0 Å². The summed E-state index contributed by atoms with van der Waals surface area (Å²) in [5.41, 5.74) is 0.923. The first-order chi connectivity index (χ1) is 12.2. The third kappa shape index (κ3) is 4.39. The minimum Gasteiger partial charge on any atom is -0.495 e. The SMILES string of the molecule is COc1ccc(NC(=O)c2ccnc(N3CCCCCC3)n2)cc1Cl. The van der Waals surface area contributed by atoms with Crippen LogP contribution in [0.4, 0.5) is 11.6 Å². The fraction of sp³-hybridized carbons (Fsp3) is 0.389. The van der Waals surface area contributed by atoms with Crippen molar-refractivity contribution in [2.45, 2.75) is 25.7 Å². The first kappa shape index (κ1) is 17.5. The van der Waals surface area contributed by atoms with E-state index in [-0.39, 0.29) is 5.91 Å². The average Bonchev–Trinajstić information content (AvgIpc) is 2.91. The number of benzene rings is 1. The van der Waals surface area contributed by atoms with Crippen LogP contribution in [0.15, 0.2) is 30.5 Å². The highest BCUT2D eigenvalue weighted by Gasteiger charge is 2.15. The zero-order valence-corrected chi connectivity index (χ0v) is 14.9. The van der Waals surface area contributed by atoms with Gasteiger partial charge in [0.15, 0.2) is 0 Å². The van der Waals surface area contributed by atoms with Gasteiger partial charge in [0.05, 0.1) is 12.1 Å². The van der Waals surface area contributed by atoms with E-state index >= 15 is 0 Å². The van der Waals surface area contributed by atoms with Gasteiger partial charge in [-0.1, -0.05) is 24.4 Å². The van der Waals surface area contributed by atoms with Crippen LogP contribution in [0.1, 0.15) is 36.2 Å². The van der Waals surface area contributed by atoms with Gasteiger partial charge in [-0.3, -0.25) is 4.79 Å². The lowest BCUT2D eigenvalue weighted by atomic mass is 10.2. The Balaban J connectivity index is 1.73. The van der Waals surface area contributed by atoms with Crippen molar-refractivity contribution in [3.63, 3.8) is 0 Å². The van der Waals surface area contributed by atoms with Crippen molar-refractivity contribution >= 4 is 29.1 Å². The average molecular weight is 361 g/mol. The molecule has 1 aromatic heterocycles. The summed E-state index contributed by atoms with van der Waals surface area (Å²) >= 11 is 6.09. The van der Waals surface area contributed by atoms with Crippen LogP contribution in [0.3, 0.4) is 0 Å². The van der Waals surface area contributed by atoms with Gasteiger partial charge in [0, 0.05) is 25.0 Å². The fourth-order valence-corrected chi connectivity index (χ4v) is 3.09. The number of aromatic nitrogens is 2. The summed E-state index contributed by atoms with van der Waals surface area (Å²) in [6.07, 6.45) is 6.35. The lowest BCUT2D eigenvalue weighted by Crippen LogP contribution is -2.27. The summed E-state index contributed by atoms with van der Waals surface area (Å²) in [4.78, 5) is 23.4. The Kier molecular flexibility index (Phi) is 5.71. The van der Waals surface area contributed by atoms with E-state index in [0.29, 0.717) is 28.1 Å². The molecule has 2 aromatic rings. The molecule has 1 aromatic carbocycles. The molecule has 1 fully saturated rings. The zero-order valence-electron chi connectivity index (χ0n) is 14.2. The third-order valence-corrected chi connectivity index (χ3v) is 4.47. The van der Waals surface area contributed by atoms with Crippen LogP contribution in [0.25, 0.3) is 0 Å². The van der Waals surface area contributed by atoms with Gasteiger partial charge in [0.1, 0.15) is 11.4 Å². The number of nitrogens with one attached hydrogen (secondary N) is 1. The number of carbonyl (C=O) groups is 1. The standard InChI is InChI=1S/C18H21ClN4O2/c1-25-16-7-6-13(12-14(16)19)21-17(24)15-8-9-20-18(22-15)23-10-4-2-3-5-11-23/h6-9,12H,2-5,10-11H2,1H3,(H,21,24). The van der Waals surface area contributed by atoms with Gasteiger partial charge in [0.2, 0.25) is 5.95 Å². The summed E-state index contributed by atoms with van der Waals surface area (Å²) < 4.78 is 5.11. The molecule has 132 valence electrons. The highest BCUT2D eigenvalue weighted by molar-refractivity contribution is 6.32. The molecule has 25 heavy (non-hydrogen) atoms. The predicted molar refractivity (Wildman–Crippen MR) is 98.7 cm³/mol. The molecule has 0 radical (unpaired) electrons. The van der Waals surface area contributed by atoms with Crippen molar-refractivity contribution in [3.05, 3.63) is 41.2 Å². The normalized spacial score (nSPS) is 14.7. The smallest absolute Gasteiger partial charge is 0.274 e. The van der Waals surface area contributed by atoms with Crippen molar-refractivity contribution in [2.75, 3.05) is 30.4 Å². The molecule has 1 amide bonds. The minimum absolute atomic E-state index is 0.292. The summed E-state index contributed by atoms with van der Waals surface area (Å²) in [6, 6.07) is 6.71. The van der Waals surface area contributed by atoms with Crippen LogP contribution in [0, 0.1) is 0 Å². The number of rotatable bonds is 4. The van der Waals surface area contributed by atoms with E-state index in [0.717, 1.165) is 25.9 Å².